The number of hydrogen-bond acceptors (Lipinski definition) is 6. The maximum Gasteiger partial charge on any atom is 0.244 e. The van der Waals surface area contributed by atoms with Gasteiger partial charge in [0.2, 0.25) is 10.0 Å². The van der Waals surface area contributed by atoms with Gasteiger partial charge in [-0.3, -0.25) is 0 Å². The molecular weight excluding hydrogens is 284 g/mol. The quantitative estimate of drug-likeness (QED) is 0.653. The van der Waals surface area contributed by atoms with Crippen molar-refractivity contribution < 1.29 is 23.0 Å². The van der Waals surface area contributed by atoms with Crippen molar-refractivity contribution >= 4 is 15.7 Å². The van der Waals surface area contributed by atoms with Crippen molar-refractivity contribution in [2.75, 3.05) is 26.5 Å². The lowest BCUT2D eigenvalue weighted by Gasteiger charge is -2.19. The van der Waals surface area contributed by atoms with Gasteiger partial charge in [0.15, 0.2) is 0 Å². The number of ether oxygens (including phenoxy) is 2. The first-order valence-electron chi connectivity index (χ1n) is 5.84. The standard InChI is InChI=1S/C12H20N2O5S/c1-12(2,15)7-14-20(16,17)11-5-8(13)9(18-3)6-10(11)19-4/h5-6,14-15H,7,13H2,1-4H3. The molecule has 1 aromatic rings. The molecule has 7 nitrogen and oxygen atoms in total. The van der Waals surface area contributed by atoms with E-state index in [1.807, 2.05) is 0 Å². The van der Waals surface area contributed by atoms with Crippen LogP contribution in [0.5, 0.6) is 11.5 Å². The number of anilines is 1. The van der Waals surface area contributed by atoms with Gasteiger partial charge < -0.3 is 20.3 Å². The normalized spacial score (nSPS) is 12.2. The number of nitrogen functional groups attached to an aromatic ring is 1. The summed E-state index contributed by atoms with van der Waals surface area (Å²) in [6.07, 6.45) is 0. The Hall–Kier alpha value is -1.51. The van der Waals surface area contributed by atoms with Crippen molar-refractivity contribution in [2.24, 2.45) is 0 Å². The Morgan fingerprint density at radius 3 is 2.25 bits per heavy atom. The van der Waals surface area contributed by atoms with E-state index in [0.29, 0.717) is 5.75 Å². The van der Waals surface area contributed by atoms with Crippen LogP contribution < -0.4 is 19.9 Å². The summed E-state index contributed by atoms with van der Waals surface area (Å²) in [6, 6.07) is 2.65. The second-order valence-electron chi connectivity index (χ2n) is 4.88. The Balaban J connectivity index is 3.21. The van der Waals surface area contributed by atoms with Crippen molar-refractivity contribution in [3.8, 4) is 11.5 Å². The zero-order valence-electron chi connectivity index (χ0n) is 11.9. The third kappa shape index (κ3) is 3.99. The second kappa shape index (κ2) is 5.86. The van der Waals surface area contributed by atoms with Crippen LogP contribution in [0, 0.1) is 0 Å². The number of rotatable bonds is 6. The van der Waals surface area contributed by atoms with E-state index >= 15 is 0 Å². The lowest BCUT2D eigenvalue weighted by Crippen LogP contribution is -2.38. The average Bonchev–Trinajstić information content (AvgIpc) is 2.35. The Kier molecular flexibility index (Phi) is 4.85. The summed E-state index contributed by atoms with van der Waals surface area (Å²) in [6.45, 7) is 2.86. The van der Waals surface area contributed by atoms with E-state index in [9.17, 15) is 13.5 Å². The van der Waals surface area contributed by atoms with Crippen LogP contribution in [0.1, 0.15) is 13.8 Å². The molecule has 20 heavy (non-hydrogen) atoms. The Bertz CT molecular complexity index is 578. The first kappa shape index (κ1) is 16.5. The molecule has 4 N–H and O–H groups in total. The molecule has 0 spiro atoms. The molecule has 0 saturated carbocycles. The van der Waals surface area contributed by atoms with Crippen molar-refractivity contribution in [1.82, 2.24) is 4.72 Å². The van der Waals surface area contributed by atoms with Gasteiger partial charge in [-0.25, -0.2) is 13.1 Å². The summed E-state index contributed by atoms with van der Waals surface area (Å²) >= 11 is 0. The number of aliphatic hydroxyl groups is 1. The smallest absolute Gasteiger partial charge is 0.244 e. The van der Waals surface area contributed by atoms with E-state index in [1.54, 1.807) is 0 Å². The summed E-state index contributed by atoms with van der Waals surface area (Å²) in [5, 5.41) is 9.59. The summed E-state index contributed by atoms with van der Waals surface area (Å²) < 4.78 is 36.8. The predicted octanol–water partition coefficient (Wildman–Crippen LogP) is 0.335. The SMILES string of the molecule is COc1cc(OC)c(S(=O)(=O)NCC(C)(C)O)cc1N. The van der Waals surface area contributed by atoms with Crippen LogP contribution in [-0.2, 0) is 10.0 Å². The van der Waals surface area contributed by atoms with Crippen LogP contribution in [0.25, 0.3) is 0 Å². The maximum absolute atomic E-state index is 12.2. The summed E-state index contributed by atoms with van der Waals surface area (Å²) in [4.78, 5) is -0.109. The first-order chi connectivity index (χ1) is 9.10. The van der Waals surface area contributed by atoms with Gasteiger partial charge in [0, 0.05) is 12.6 Å². The maximum atomic E-state index is 12.2. The molecule has 0 radical (unpaired) electrons. The van der Waals surface area contributed by atoms with Gasteiger partial charge in [-0.2, -0.15) is 0 Å². The second-order valence-corrected chi connectivity index (χ2v) is 6.62. The molecule has 0 fully saturated rings. The first-order valence-corrected chi connectivity index (χ1v) is 7.32. The highest BCUT2D eigenvalue weighted by Crippen LogP contribution is 2.33. The van der Waals surface area contributed by atoms with E-state index in [2.05, 4.69) is 4.72 Å². The van der Waals surface area contributed by atoms with E-state index < -0.39 is 15.6 Å². The molecule has 0 aromatic heterocycles. The van der Waals surface area contributed by atoms with Crippen LogP contribution in [-0.4, -0.2) is 39.9 Å². The number of sulfonamides is 1. The molecular formula is C12H20N2O5S. The Morgan fingerprint density at radius 2 is 1.80 bits per heavy atom. The molecule has 0 aliphatic carbocycles. The highest BCUT2D eigenvalue weighted by molar-refractivity contribution is 7.89. The number of hydrogen-bond donors (Lipinski definition) is 3. The van der Waals surface area contributed by atoms with Gasteiger partial charge >= 0.3 is 0 Å². The fourth-order valence-corrected chi connectivity index (χ4v) is 2.84. The van der Waals surface area contributed by atoms with Gasteiger partial charge in [0.05, 0.1) is 25.5 Å². The lowest BCUT2D eigenvalue weighted by molar-refractivity contribution is 0.0857. The summed E-state index contributed by atoms with van der Waals surface area (Å²) in [5.41, 5.74) is 4.72. The van der Waals surface area contributed by atoms with Crippen LogP contribution in [0.15, 0.2) is 17.0 Å². The molecule has 0 unspecified atom stereocenters. The van der Waals surface area contributed by atoms with Crippen molar-refractivity contribution in [3.63, 3.8) is 0 Å². The molecule has 0 aliphatic rings. The van der Waals surface area contributed by atoms with Crippen LogP contribution in [0.4, 0.5) is 5.69 Å². The summed E-state index contributed by atoms with van der Waals surface area (Å²) in [5.74, 6) is 0.433. The molecule has 114 valence electrons. The number of nitrogens with one attached hydrogen (secondary N) is 1. The summed E-state index contributed by atoms with van der Waals surface area (Å²) in [7, 11) is -1.08. The monoisotopic (exact) mass is 304 g/mol. The van der Waals surface area contributed by atoms with Gasteiger partial charge in [0.1, 0.15) is 16.4 Å². The average molecular weight is 304 g/mol. The topological polar surface area (TPSA) is 111 Å². The largest absolute Gasteiger partial charge is 0.495 e. The number of methoxy groups -OCH3 is 2. The molecule has 8 heteroatoms. The van der Waals surface area contributed by atoms with Crippen molar-refractivity contribution in [1.29, 1.82) is 0 Å². The lowest BCUT2D eigenvalue weighted by atomic mass is 10.1. The zero-order valence-corrected chi connectivity index (χ0v) is 12.7. The van der Waals surface area contributed by atoms with Gasteiger partial charge in [0.25, 0.3) is 0 Å². The third-order valence-corrected chi connectivity index (χ3v) is 3.92. The van der Waals surface area contributed by atoms with Crippen LogP contribution >= 0.6 is 0 Å². The molecule has 0 amide bonds. The van der Waals surface area contributed by atoms with Crippen molar-refractivity contribution in [3.05, 3.63) is 12.1 Å². The minimum atomic E-state index is -3.85. The fourth-order valence-electron chi connectivity index (χ4n) is 1.45. The highest BCUT2D eigenvalue weighted by atomic mass is 32.2. The van der Waals surface area contributed by atoms with E-state index in [0.717, 1.165) is 0 Å². The molecule has 0 aliphatic heterocycles. The van der Waals surface area contributed by atoms with Gasteiger partial charge in [-0.05, 0) is 19.9 Å². The number of benzene rings is 1. The molecule has 0 bridgehead atoms. The molecule has 0 heterocycles. The molecule has 0 atom stereocenters. The van der Waals surface area contributed by atoms with E-state index in [4.69, 9.17) is 15.2 Å². The molecule has 1 rings (SSSR count). The molecule has 1 aromatic carbocycles. The Labute approximate surface area is 118 Å². The number of nitrogens with two attached hydrogens (primary N) is 1. The highest BCUT2D eigenvalue weighted by Gasteiger charge is 2.24. The molecule has 0 saturated heterocycles. The minimum absolute atomic E-state index is 0.109. The van der Waals surface area contributed by atoms with E-state index in [-0.39, 0.29) is 22.9 Å². The fraction of sp³-hybridized carbons (Fsp3) is 0.500. The predicted molar refractivity (Wildman–Crippen MR) is 75.4 cm³/mol. The third-order valence-electron chi connectivity index (χ3n) is 2.50. The van der Waals surface area contributed by atoms with Gasteiger partial charge in [-0.1, -0.05) is 0 Å². The minimum Gasteiger partial charge on any atom is -0.495 e. The van der Waals surface area contributed by atoms with Crippen LogP contribution in [0.3, 0.4) is 0 Å². The van der Waals surface area contributed by atoms with Crippen molar-refractivity contribution in [2.45, 2.75) is 24.3 Å². The van der Waals surface area contributed by atoms with Crippen LogP contribution in [0.2, 0.25) is 0 Å². The zero-order chi connectivity index (χ0) is 15.6. The Morgan fingerprint density at radius 1 is 1.25 bits per heavy atom. The van der Waals surface area contributed by atoms with Gasteiger partial charge in [-0.15, -0.1) is 0 Å². The van der Waals surface area contributed by atoms with E-state index in [1.165, 1.54) is 40.2 Å².